The first-order valence-electron chi connectivity index (χ1n) is 28.5. The van der Waals surface area contributed by atoms with Gasteiger partial charge in [0, 0.05) is 12.8 Å². The number of nitrogens with zero attached hydrogens (tertiary/aromatic N) is 1. The van der Waals surface area contributed by atoms with Crippen LogP contribution in [0, 0.1) is 0 Å². The molecular weight excluding hydrogens is 928 g/mol. The minimum atomic E-state index is -4.74. The molecule has 0 aliphatic rings. The highest BCUT2D eigenvalue weighted by Gasteiger charge is 2.27. The maximum Gasteiger partial charge on any atom is 0.306 e. The molecule has 0 saturated heterocycles. The number of carbonyl (C=O) groups is 2. The number of phosphoric ester groups is 1. The summed E-state index contributed by atoms with van der Waals surface area (Å²) >= 11 is 0. The average molecular weight is 1030 g/mol. The fraction of sp³-hybridized carbons (Fsp3) is 0.619. The Morgan fingerprint density at radius 3 is 1.37 bits per heavy atom. The van der Waals surface area contributed by atoms with E-state index in [1.54, 1.807) is 6.08 Å². The molecule has 414 valence electrons. The van der Waals surface area contributed by atoms with Gasteiger partial charge in [0.25, 0.3) is 7.82 Å². The third kappa shape index (κ3) is 52.8. The van der Waals surface area contributed by atoms with Gasteiger partial charge in [-0.2, -0.15) is 0 Å². The van der Waals surface area contributed by atoms with Gasteiger partial charge in [-0.15, -0.1) is 0 Å². The van der Waals surface area contributed by atoms with Crippen molar-refractivity contribution in [1.29, 1.82) is 0 Å². The Hall–Kier alpha value is -3.85. The van der Waals surface area contributed by atoms with Crippen molar-refractivity contribution >= 4 is 19.7 Å². The number of unbranched alkanes of at least 4 members (excludes halogenated alkanes) is 13. The molecule has 0 bridgehead atoms. The smallest absolute Gasteiger partial charge is 0.306 e. The maximum atomic E-state index is 13.4. The zero-order valence-electron chi connectivity index (χ0n) is 47.0. The van der Waals surface area contributed by atoms with Crippen LogP contribution in [0.2, 0.25) is 0 Å². The third-order valence-corrected chi connectivity index (χ3v) is 12.5. The molecule has 1 N–H and O–H groups in total. The molecule has 0 aliphatic heterocycles. The van der Waals surface area contributed by atoms with Crippen LogP contribution >= 0.6 is 7.82 Å². The molecule has 0 fully saturated rings. The number of allylic oxidation sites excluding steroid dienone is 21. The number of ether oxygens (including phenoxy) is 1. The second-order valence-corrected chi connectivity index (χ2v) is 21.1. The van der Waals surface area contributed by atoms with Crippen molar-refractivity contribution in [2.75, 3.05) is 40.9 Å². The van der Waals surface area contributed by atoms with E-state index in [9.17, 15) is 19.0 Å². The summed E-state index contributed by atoms with van der Waals surface area (Å²) < 4.78 is 30.1. The van der Waals surface area contributed by atoms with E-state index in [1.807, 2.05) is 39.4 Å². The molecule has 0 heterocycles. The van der Waals surface area contributed by atoms with Gasteiger partial charge in [-0.3, -0.25) is 14.2 Å². The fourth-order valence-corrected chi connectivity index (χ4v) is 7.90. The van der Waals surface area contributed by atoms with Crippen molar-refractivity contribution in [1.82, 2.24) is 5.32 Å². The van der Waals surface area contributed by atoms with Crippen molar-refractivity contribution in [3.63, 3.8) is 0 Å². The van der Waals surface area contributed by atoms with E-state index in [1.165, 1.54) is 64.2 Å². The van der Waals surface area contributed by atoms with Crippen LogP contribution in [-0.2, 0) is 27.9 Å². The Kier molecular flexibility index (Phi) is 48.9. The summed E-state index contributed by atoms with van der Waals surface area (Å²) in [5.74, 6) is -0.718. The van der Waals surface area contributed by atoms with E-state index in [-0.39, 0.29) is 25.4 Å². The summed E-state index contributed by atoms with van der Waals surface area (Å²) in [6.45, 7) is 6.56. The molecule has 1 amide bonds. The lowest BCUT2D eigenvalue weighted by atomic mass is 10.1. The summed E-state index contributed by atoms with van der Waals surface area (Å²) in [7, 11) is 1.09. The molecule has 3 atom stereocenters. The first-order valence-corrected chi connectivity index (χ1v) is 30.0. The highest BCUT2D eigenvalue weighted by Crippen LogP contribution is 2.38. The third-order valence-electron chi connectivity index (χ3n) is 11.6. The van der Waals surface area contributed by atoms with Crippen LogP contribution in [-0.4, -0.2) is 69.4 Å². The van der Waals surface area contributed by atoms with Gasteiger partial charge in [0.1, 0.15) is 19.3 Å². The summed E-state index contributed by atoms with van der Waals surface area (Å²) in [5.41, 5.74) is 0. The first kappa shape index (κ1) is 69.2. The van der Waals surface area contributed by atoms with Crippen molar-refractivity contribution in [3.8, 4) is 0 Å². The van der Waals surface area contributed by atoms with E-state index >= 15 is 0 Å². The van der Waals surface area contributed by atoms with Gasteiger partial charge in [0.15, 0.2) is 0 Å². The van der Waals surface area contributed by atoms with Crippen molar-refractivity contribution in [3.05, 3.63) is 134 Å². The van der Waals surface area contributed by atoms with E-state index in [2.05, 4.69) is 135 Å². The zero-order chi connectivity index (χ0) is 53.6. The predicted octanol–water partition coefficient (Wildman–Crippen LogP) is 16.7. The molecule has 73 heavy (non-hydrogen) atoms. The van der Waals surface area contributed by atoms with E-state index in [0.29, 0.717) is 30.3 Å². The number of phosphoric acid groups is 1. The van der Waals surface area contributed by atoms with Crippen molar-refractivity contribution in [2.45, 2.75) is 213 Å². The largest absolute Gasteiger partial charge is 0.756 e. The van der Waals surface area contributed by atoms with Crippen LogP contribution in [0.25, 0.3) is 0 Å². The van der Waals surface area contributed by atoms with Gasteiger partial charge in [0.2, 0.25) is 5.91 Å². The topological polar surface area (TPSA) is 114 Å². The lowest BCUT2D eigenvalue weighted by Gasteiger charge is -2.30. The number of nitrogens with one attached hydrogen (secondary N) is 1. The molecule has 0 radical (unpaired) electrons. The summed E-state index contributed by atoms with van der Waals surface area (Å²) in [4.78, 5) is 39.8. The second kappa shape index (κ2) is 51.6. The molecule has 0 aromatic rings. The quantitative estimate of drug-likeness (QED) is 0.0212. The molecule has 0 aromatic carbocycles. The number of hydrogen-bond acceptors (Lipinski definition) is 7. The van der Waals surface area contributed by atoms with Crippen LogP contribution in [0.1, 0.15) is 201 Å². The summed E-state index contributed by atoms with van der Waals surface area (Å²) in [6.07, 6.45) is 73.0. The standard InChI is InChI=1S/C63H105N2O7P/c1-7-10-13-16-19-22-25-27-29-31-32-34-35-37-40-43-46-49-52-55-62(66)64-60(59-71-73(68,69)70-58-57-65(4,5)6)61(54-51-48-45-42-39-24-21-18-15-12-9-3)72-63(67)56-53-50-47-44-41-38-36-33-30-28-26-23-20-17-14-11-8-2/h10,13,19-20,22-23,27-30,32,34,36-38,40,44,46-47,49,51,54,60-61H,7-9,11-12,14-18,21,24-26,31,33,35,39,41-43,45,48,50,52-53,55-59H2,1-6H3,(H-,64,66,68,69)/b13-10-,22-19-,23-20-,29-27-,30-28-,34-32-,38-36-,40-37-,47-44-,49-46-,54-51+. The van der Waals surface area contributed by atoms with Crippen LogP contribution in [0.4, 0.5) is 0 Å². The van der Waals surface area contributed by atoms with Crippen LogP contribution in [0.5, 0.6) is 0 Å². The first-order chi connectivity index (χ1) is 35.4. The van der Waals surface area contributed by atoms with Gasteiger partial charge in [-0.1, -0.05) is 213 Å². The SMILES string of the molecule is CC/C=C\C/C=C\C/C=C\C/C=C\C/C=C\C/C=C\CCC(=O)NC(COP(=O)([O-])OCC[N+](C)(C)C)C(/C=C/CCCCCCCCCCC)OC(=O)CCC/C=C\C/C=C\C/C=C\C/C=C\CCCCC. The number of rotatable bonds is 49. The highest BCUT2D eigenvalue weighted by molar-refractivity contribution is 7.45. The number of carbonyl (C=O) groups excluding carboxylic acids is 2. The molecule has 0 rings (SSSR count). The molecule has 0 aromatic heterocycles. The summed E-state index contributed by atoms with van der Waals surface area (Å²) in [5, 5.41) is 2.95. The highest BCUT2D eigenvalue weighted by atomic mass is 31.2. The van der Waals surface area contributed by atoms with E-state index < -0.39 is 32.5 Å². The maximum absolute atomic E-state index is 13.4. The number of amides is 1. The molecule has 9 nitrogen and oxygen atoms in total. The Bertz CT molecular complexity index is 1710. The molecule has 0 spiro atoms. The van der Waals surface area contributed by atoms with Gasteiger partial charge >= 0.3 is 5.97 Å². The zero-order valence-corrected chi connectivity index (χ0v) is 47.9. The Morgan fingerprint density at radius 2 is 0.890 bits per heavy atom. The number of esters is 1. The predicted molar refractivity (Wildman–Crippen MR) is 311 cm³/mol. The number of hydrogen-bond donors (Lipinski definition) is 1. The van der Waals surface area contributed by atoms with Gasteiger partial charge in [-0.05, 0) is 109 Å². The van der Waals surface area contributed by atoms with Gasteiger partial charge in [-0.25, -0.2) is 0 Å². The van der Waals surface area contributed by atoms with Crippen molar-refractivity contribution in [2.24, 2.45) is 0 Å². The Morgan fingerprint density at radius 1 is 0.493 bits per heavy atom. The fourth-order valence-electron chi connectivity index (χ4n) is 7.18. The minimum absolute atomic E-state index is 0.0518. The van der Waals surface area contributed by atoms with Crippen molar-refractivity contribution < 1.29 is 37.3 Å². The molecule has 10 heteroatoms. The van der Waals surface area contributed by atoms with E-state index in [4.69, 9.17) is 13.8 Å². The molecular formula is C63H105N2O7P. The minimum Gasteiger partial charge on any atom is -0.756 e. The Labute approximate surface area is 447 Å². The molecule has 3 unspecified atom stereocenters. The van der Waals surface area contributed by atoms with E-state index in [0.717, 1.165) is 83.5 Å². The average Bonchev–Trinajstić information content (AvgIpc) is 3.35. The van der Waals surface area contributed by atoms with Crippen LogP contribution in [0.3, 0.4) is 0 Å². The summed E-state index contributed by atoms with van der Waals surface area (Å²) in [6, 6.07) is -0.959. The lowest BCUT2D eigenvalue weighted by molar-refractivity contribution is -0.870. The normalized spacial score (nSPS) is 14.8. The monoisotopic (exact) mass is 1030 g/mol. The number of likely N-dealkylation sites (N-methyl/N-ethyl adjacent to an activating group) is 1. The molecule has 0 saturated carbocycles. The second-order valence-electron chi connectivity index (χ2n) is 19.7. The van der Waals surface area contributed by atoms with Gasteiger partial charge < -0.3 is 28.5 Å². The van der Waals surface area contributed by atoms with Crippen LogP contribution < -0.4 is 10.2 Å². The Balaban J connectivity index is 5.55. The van der Waals surface area contributed by atoms with Gasteiger partial charge in [0.05, 0.1) is 33.8 Å². The molecule has 0 aliphatic carbocycles. The number of quaternary nitrogens is 1. The lowest BCUT2D eigenvalue weighted by Crippen LogP contribution is -2.47. The van der Waals surface area contributed by atoms with Crippen LogP contribution in [0.15, 0.2) is 134 Å².